The van der Waals surface area contributed by atoms with Crippen LogP contribution in [0.2, 0.25) is 0 Å². The van der Waals surface area contributed by atoms with E-state index in [-0.39, 0.29) is 84.2 Å². The molecule has 0 spiro atoms. The second kappa shape index (κ2) is 23.2. The van der Waals surface area contributed by atoms with Gasteiger partial charge in [-0.05, 0) is 59.4 Å². The van der Waals surface area contributed by atoms with Crippen LogP contribution in [0.1, 0.15) is 90.4 Å². The highest BCUT2D eigenvalue weighted by atomic mass is 19.1. The Bertz CT molecular complexity index is 2990. The summed E-state index contributed by atoms with van der Waals surface area (Å²) in [5, 5.41) is 5.45. The van der Waals surface area contributed by atoms with Crippen LogP contribution in [0.5, 0.6) is 0 Å². The van der Waals surface area contributed by atoms with E-state index in [2.05, 4.69) is 40.4 Å². The fourth-order valence-electron chi connectivity index (χ4n) is 11.1. The van der Waals surface area contributed by atoms with Crippen LogP contribution in [0, 0.1) is 23.3 Å². The van der Waals surface area contributed by atoms with Crippen LogP contribution in [0.4, 0.5) is 17.6 Å². The van der Waals surface area contributed by atoms with Crippen molar-refractivity contribution >= 4 is 23.6 Å². The van der Waals surface area contributed by atoms with Crippen LogP contribution in [0.25, 0.3) is 22.8 Å². The zero-order valence-electron chi connectivity index (χ0n) is 42.9. The van der Waals surface area contributed by atoms with Gasteiger partial charge in [-0.25, -0.2) is 37.5 Å². The first-order chi connectivity index (χ1) is 37.9. The second-order valence-corrected chi connectivity index (χ2v) is 20.3. The molecule has 6 aliphatic rings. The molecule has 20 heteroatoms. The van der Waals surface area contributed by atoms with E-state index in [9.17, 15) is 36.7 Å². The number of hydrogen-bond donors (Lipinski definition) is 2. The van der Waals surface area contributed by atoms with E-state index in [0.29, 0.717) is 33.9 Å². The lowest BCUT2D eigenvalue weighted by atomic mass is 9.95. The zero-order chi connectivity index (χ0) is 53.9. The number of aromatic nitrogens is 4. The Morgan fingerprint density at radius 1 is 0.462 bits per heavy atom. The summed E-state index contributed by atoms with van der Waals surface area (Å²) >= 11 is 0. The van der Waals surface area contributed by atoms with Gasteiger partial charge in [0.1, 0.15) is 23.3 Å². The predicted octanol–water partition coefficient (Wildman–Crippen LogP) is 5.81. The van der Waals surface area contributed by atoms with E-state index >= 15 is 0 Å². The molecular formula is C58H58F4N10O6. The number of hydrogen-bond acceptors (Lipinski definition) is 12. The largest absolute Gasteiger partial charge is 0.379 e. The summed E-state index contributed by atoms with van der Waals surface area (Å²) < 4.78 is 68.7. The molecular weight excluding hydrogens is 1010 g/mol. The summed E-state index contributed by atoms with van der Waals surface area (Å²) in [5.74, 6) is -3.85. The van der Waals surface area contributed by atoms with Gasteiger partial charge in [-0.2, -0.15) is 0 Å². The van der Waals surface area contributed by atoms with Crippen molar-refractivity contribution in [3.63, 3.8) is 0 Å². The third-order valence-electron chi connectivity index (χ3n) is 15.5. The monoisotopic (exact) mass is 1070 g/mol. The number of nitrogens with zero attached hydrogens (tertiary/aromatic N) is 8. The van der Waals surface area contributed by atoms with Gasteiger partial charge in [0.05, 0.1) is 96.4 Å². The first-order valence-corrected chi connectivity index (χ1v) is 26.6. The number of morpholine rings is 2. The number of likely N-dealkylation sites (tertiary alicyclic amines) is 2. The lowest BCUT2D eigenvalue weighted by Gasteiger charge is -2.28. The molecule has 1 unspecified atom stereocenters. The Labute approximate surface area is 448 Å². The number of halogens is 4. The van der Waals surface area contributed by atoms with Gasteiger partial charge >= 0.3 is 0 Å². The number of fused-ring (bicyclic) bond motifs is 2. The highest BCUT2D eigenvalue weighted by Gasteiger charge is 2.35. The molecule has 6 aliphatic heterocycles. The predicted molar refractivity (Wildman–Crippen MR) is 278 cm³/mol. The van der Waals surface area contributed by atoms with E-state index < -0.39 is 23.3 Å². The quantitative estimate of drug-likeness (QED) is 0.126. The smallest absolute Gasteiger partial charge is 0.255 e. The third-order valence-corrected chi connectivity index (χ3v) is 15.5. The lowest BCUT2D eigenvalue weighted by Crippen LogP contribution is -2.42. The molecule has 2 atom stereocenters. The minimum atomic E-state index is -0.761. The molecule has 404 valence electrons. The summed E-state index contributed by atoms with van der Waals surface area (Å²) in [4.78, 5) is 77.3. The first kappa shape index (κ1) is 52.5. The number of rotatable bonds is 14. The average molecular weight is 1070 g/mol. The SMILES string of the molecule is O=C1NCc2nc(-c3c(F)cccc3F)nc(Cc3ccc(C4CCN(CCN5CCOCC5)C4=O)cc3)c21.O=C1NCc2nc(-c3c(F)cccc3F)nc(Cc3ccc([C@H]4CCN(CCN5CCOCC5)C4=O)cc3)c21. The Balaban J connectivity index is 0.000000165. The molecule has 6 aromatic rings. The summed E-state index contributed by atoms with van der Waals surface area (Å²) in [6, 6.07) is 22.7. The maximum Gasteiger partial charge on any atom is 0.255 e. The van der Waals surface area contributed by atoms with Gasteiger partial charge in [-0.1, -0.05) is 60.7 Å². The standard InChI is InChI=1S/2C29H29F2N5O3/c2*30-21-2-1-3-22(31)25(21)27-33-23(26-24(34-27)17-32-28(26)37)16-18-4-6-19(7-5-18)20-8-9-36(29(20)38)11-10-35-12-14-39-15-13-35/h2*1-7,20H,8-17H2,(H,32,37)/t20-;/m1./s1. The van der Waals surface area contributed by atoms with E-state index in [0.717, 1.165) is 151 Å². The summed E-state index contributed by atoms with van der Waals surface area (Å²) in [6.45, 7) is 11.6. The number of ether oxygens (including phenoxy) is 2. The average Bonchev–Trinajstić information content (AvgIpc) is 4.30. The minimum Gasteiger partial charge on any atom is -0.379 e. The van der Waals surface area contributed by atoms with Crippen molar-refractivity contribution in [3.8, 4) is 22.8 Å². The molecule has 4 amide bonds. The molecule has 4 saturated heterocycles. The van der Waals surface area contributed by atoms with Gasteiger partial charge < -0.3 is 29.9 Å². The summed E-state index contributed by atoms with van der Waals surface area (Å²) in [7, 11) is 0. The Morgan fingerprint density at radius 2 is 0.833 bits per heavy atom. The molecule has 0 bridgehead atoms. The van der Waals surface area contributed by atoms with Crippen molar-refractivity contribution in [1.82, 2.24) is 50.2 Å². The molecule has 78 heavy (non-hydrogen) atoms. The number of benzene rings is 4. The maximum absolute atomic E-state index is 14.5. The van der Waals surface area contributed by atoms with Gasteiger partial charge in [0.25, 0.3) is 11.8 Å². The van der Waals surface area contributed by atoms with E-state index in [1.54, 1.807) is 0 Å². The normalized spacial score (nSPS) is 19.4. The van der Waals surface area contributed by atoms with Crippen molar-refractivity contribution in [2.24, 2.45) is 0 Å². The van der Waals surface area contributed by atoms with E-state index in [1.165, 1.54) is 12.1 Å². The van der Waals surface area contributed by atoms with Crippen molar-refractivity contribution in [2.45, 2.75) is 50.6 Å². The van der Waals surface area contributed by atoms with Crippen molar-refractivity contribution < 1.29 is 46.2 Å². The van der Waals surface area contributed by atoms with Crippen molar-refractivity contribution in [2.75, 3.05) is 91.9 Å². The fourth-order valence-corrected chi connectivity index (χ4v) is 11.1. The zero-order valence-corrected chi connectivity index (χ0v) is 42.9. The number of carbonyl (C=O) groups excluding carboxylic acids is 4. The Hall–Kier alpha value is -7.52. The minimum absolute atomic E-state index is 0.0822. The molecule has 12 rings (SSSR count). The highest BCUT2D eigenvalue weighted by Crippen LogP contribution is 2.33. The molecule has 16 nitrogen and oxygen atoms in total. The molecule has 0 aliphatic carbocycles. The third kappa shape index (κ3) is 11.3. The molecule has 4 aromatic carbocycles. The highest BCUT2D eigenvalue weighted by molar-refractivity contribution is 6.00. The summed E-state index contributed by atoms with van der Waals surface area (Å²) in [6.07, 6.45) is 2.12. The van der Waals surface area contributed by atoms with Crippen LogP contribution >= 0.6 is 0 Å². The molecule has 8 heterocycles. The van der Waals surface area contributed by atoms with Crippen molar-refractivity contribution in [1.29, 1.82) is 0 Å². The van der Waals surface area contributed by atoms with Gasteiger partial charge in [0.2, 0.25) is 11.8 Å². The van der Waals surface area contributed by atoms with Gasteiger partial charge in [-0.3, -0.25) is 29.0 Å². The van der Waals surface area contributed by atoms with Crippen molar-refractivity contribution in [3.05, 3.63) is 164 Å². The molecule has 0 radical (unpaired) electrons. The van der Waals surface area contributed by atoms with Crippen LogP contribution in [-0.2, 0) is 45.0 Å². The van der Waals surface area contributed by atoms with Gasteiger partial charge in [-0.15, -0.1) is 0 Å². The molecule has 0 saturated carbocycles. The Kier molecular flexibility index (Phi) is 15.6. The van der Waals surface area contributed by atoms with Gasteiger partial charge in [0.15, 0.2) is 11.6 Å². The van der Waals surface area contributed by atoms with Crippen LogP contribution in [0.15, 0.2) is 84.9 Å². The molecule has 2 aromatic heterocycles. The van der Waals surface area contributed by atoms with Gasteiger partial charge in [0, 0.05) is 78.3 Å². The topological polar surface area (TPSA) is 175 Å². The molecule has 4 fully saturated rings. The van der Waals surface area contributed by atoms with E-state index in [4.69, 9.17) is 9.47 Å². The number of amides is 4. The first-order valence-electron chi connectivity index (χ1n) is 26.6. The van der Waals surface area contributed by atoms with Crippen LogP contribution in [0.3, 0.4) is 0 Å². The van der Waals surface area contributed by atoms with Crippen LogP contribution < -0.4 is 10.6 Å². The second-order valence-electron chi connectivity index (χ2n) is 20.3. The lowest BCUT2D eigenvalue weighted by molar-refractivity contribution is -0.130. The molecule has 2 N–H and O–H groups in total. The van der Waals surface area contributed by atoms with Crippen LogP contribution in [-0.4, -0.2) is 155 Å². The fraction of sp³-hybridized carbons (Fsp3) is 0.379. The number of carbonyl (C=O) groups is 4. The van der Waals surface area contributed by atoms with E-state index in [1.807, 2.05) is 58.3 Å². The number of nitrogens with one attached hydrogen (secondary N) is 2. The summed E-state index contributed by atoms with van der Waals surface area (Å²) in [5.41, 5.74) is 5.39. The Morgan fingerprint density at radius 3 is 1.21 bits per heavy atom. The maximum atomic E-state index is 14.5.